The van der Waals surface area contributed by atoms with Crippen LogP contribution in [0.3, 0.4) is 0 Å². The van der Waals surface area contributed by atoms with Crippen molar-refractivity contribution in [2.75, 3.05) is 41.4 Å². The van der Waals surface area contributed by atoms with Crippen molar-refractivity contribution in [1.29, 1.82) is 0 Å². The minimum Gasteiger partial charge on any atom is -0.371 e. The van der Waals surface area contributed by atoms with Gasteiger partial charge in [-0.05, 0) is 68.3 Å². The Morgan fingerprint density at radius 3 is 2.52 bits per heavy atom. The van der Waals surface area contributed by atoms with E-state index in [4.69, 9.17) is 0 Å². The molecule has 7 heteroatoms. The zero-order valence-electron chi connectivity index (χ0n) is 19.2. The lowest BCUT2D eigenvalue weighted by atomic mass is 10.0. The number of nitrogens with one attached hydrogen (secondary N) is 2. The maximum atomic E-state index is 12.4. The summed E-state index contributed by atoms with van der Waals surface area (Å²) in [6.07, 6.45) is 5.12. The summed E-state index contributed by atoms with van der Waals surface area (Å²) < 4.78 is 23.3. The van der Waals surface area contributed by atoms with E-state index < -0.39 is 9.84 Å². The third-order valence-electron chi connectivity index (χ3n) is 6.72. The highest BCUT2D eigenvalue weighted by Crippen LogP contribution is 2.24. The number of piperidine rings is 1. The van der Waals surface area contributed by atoms with Gasteiger partial charge in [0.2, 0.25) is 5.91 Å². The van der Waals surface area contributed by atoms with E-state index in [9.17, 15) is 13.2 Å². The number of benzene rings is 2. The number of amides is 1. The molecule has 2 N–H and O–H groups in total. The van der Waals surface area contributed by atoms with Crippen LogP contribution in [0.25, 0.3) is 0 Å². The maximum absolute atomic E-state index is 12.4. The van der Waals surface area contributed by atoms with Crippen LogP contribution in [-0.4, -0.2) is 51.5 Å². The molecule has 2 fully saturated rings. The van der Waals surface area contributed by atoms with Crippen molar-refractivity contribution in [3.8, 4) is 0 Å². The van der Waals surface area contributed by atoms with E-state index in [0.29, 0.717) is 24.0 Å². The number of hydrogen-bond donors (Lipinski definition) is 2. The van der Waals surface area contributed by atoms with E-state index in [2.05, 4.69) is 39.8 Å². The van der Waals surface area contributed by atoms with Crippen LogP contribution in [-0.2, 0) is 21.1 Å². The molecule has 2 aromatic carbocycles. The average molecular weight is 470 g/mol. The molecule has 0 bridgehead atoms. The molecule has 0 spiro atoms. The smallest absolute Gasteiger partial charge is 0.224 e. The van der Waals surface area contributed by atoms with E-state index in [1.54, 1.807) is 0 Å². The third kappa shape index (κ3) is 7.30. The molecule has 0 aliphatic carbocycles. The fourth-order valence-corrected chi connectivity index (χ4v) is 6.67. The molecule has 2 aliphatic heterocycles. The zero-order valence-corrected chi connectivity index (χ0v) is 20.0. The molecule has 0 radical (unpaired) electrons. The van der Waals surface area contributed by atoms with E-state index in [0.717, 1.165) is 63.1 Å². The van der Waals surface area contributed by atoms with Gasteiger partial charge in [-0.2, -0.15) is 0 Å². The number of rotatable bonds is 9. The van der Waals surface area contributed by atoms with Crippen LogP contribution >= 0.6 is 0 Å². The summed E-state index contributed by atoms with van der Waals surface area (Å²) in [5, 5.41) is 6.64. The molecule has 2 saturated heterocycles. The summed E-state index contributed by atoms with van der Waals surface area (Å²) in [5.41, 5.74) is 3.25. The molecular weight excluding hydrogens is 434 g/mol. The van der Waals surface area contributed by atoms with Gasteiger partial charge in [-0.1, -0.05) is 36.4 Å². The maximum Gasteiger partial charge on any atom is 0.224 e. The molecule has 178 valence electrons. The normalized spacial score (nSPS) is 20.6. The topological polar surface area (TPSA) is 78.5 Å². The summed E-state index contributed by atoms with van der Waals surface area (Å²) in [6, 6.07) is 18.8. The molecule has 6 nitrogen and oxygen atoms in total. The van der Waals surface area contributed by atoms with Crippen LogP contribution in [0.4, 0.5) is 11.4 Å². The van der Waals surface area contributed by atoms with Crippen molar-refractivity contribution < 1.29 is 13.2 Å². The second kappa shape index (κ2) is 11.2. The van der Waals surface area contributed by atoms with Crippen LogP contribution in [0.5, 0.6) is 0 Å². The largest absolute Gasteiger partial charge is 0.371 e. The van der Waals surface area contributed by atoms with Gasteiger partial charge in [0.05, 0.1) is 11.5 Å². The number of nitrogens with zero attached hydrogens (tertiary/aromatic N) is 1. The first-order valence-electron chi connectivity index (χ1n) is 12.1. The second-order valence-electron chi connectivity index (χ2n) is 9.38. The van der Waals surface area contributed by atoms with Gasteiger partial charge in [0, 0.05) is 36.9 Å². The predicted octanol–water partition coefficient (Wildman–Crippen LogP) is 3.64. The molecule has 2 aromatic rings. The number of hydrogen-bond acceptors (Lipinski definition) is 5. The van der Waals surface area contributed by atoms with Gasteiger partial charge in [-0.3, -0.25) is 4.79 Å². The Hall–Kier alpha value is -2.38. The summed E-state index contributed by atoms with van der Waals surface area (Å²) in [7, 11) is -2.80. The minimum atomic E-state index is -2.80. The van der Waals surface area contributed by atoms with Crippen molar-refractivity contribution >= 4 is 27.1 Å². The zero-order chi connectivity index (χ0) is 23.1. The lowest BCUT2D eigenvalue weighted by molar-refractivity contribution is -0.116. The fraction of sp³-hybridized carbons (Fsp3) is 0.500. The summed E-state index contributed by atoms with van der Waals surface area (Å²) >= 11 is 0. The van der Waals surface area contributed by atoms with Crippen molar-refractivity contribution in [2.45, 2.75) is 44.6 Å². The summed E-state index contributed by atoms with van der Waals surface area (Å²) in [6.45, 7) is 2.71. The van der Waals surface area contributed by atoms with Gasteiger partial charge in [0.15, 0.2) is 9.84 Å². The molecule has 4 rings (SSSR count). The lowest BCUT2D eigenvalue weighted by Crippen LogP contribution is -2.44. The molecular formula is C26H35N3O3S. The highest BCUT2D eigenvalue weighted by atomic mass is 32.2. The Labute approximate surface area is 197 Å². The van der Waals surface area contributed by atoms with Crippen LogP contribution < -0.4 is 15.5 Å². The van der Waals surface area contributed by atoms with Gasteiger partial charge in [0.25, 0.3) is 0 Å². The lowest BCUT2D eigenvalue weighted by Gasteiger charge is -2.34. The fourth-order valence-electron chi connectivity index (χ4n) is 4.81. The van der Waals surface area contributed by atoms with E-state index in [-0.39, 0.29) is 11.8 Å². The second-order valence-corrected chi connectivity index (χ2v) is 11.6. The van der Waals surface area contributed by atoms with Crippen LogP contribution in [0, 0.1) is 5.92 Å². The van der Waals surface area contributed by atoms with Gasteiger partial charge in [-0.25, -0.2) is 8.42 Å². The molecule has 0 saturated carbocycles. The van der Waals surface area contributed by atoms with E-state index >= 15 is 0 Å². The Balaban J connectivity index is 1.19. The number of anilines is 2. The number of carbonyl (C=O) groups excluding carboxylic acids is 1. The van der Waals surface area contributed by atoms with Crippen LogP contribution in [0.2, 0.25) is 0 Å². The van der Waals surface area contributed by atoms with E-state index in [1.165, 1.54) is 5.56 Å². The first-order valence-corrected chi connectivity index (χ1v) is 13.9. The van der Waals surface area contributed by atoms with Crippen molar-refractivity contribution in [1.82, 2.24) is 5.32 Å². The SMILES string of the molecule is O=C(CCCc1ccccc1)Nc1cccc(N2CCC(NC[C@H]3CCS(=O)(=O)C3)CC2)c1. The highest BCUT2D eigenvalue weighted by molar-refractivity contribution is 7.91. The molecule has 33 heavy (non-hydrogen) atoms. The molecule has 2 aliphatic rings. The molecule has 1 atom stereocenters. The Morgan fingerprint density at radius 1 is 1.00 bits per heavy atom. The van der Waals surface area contributed by atoms with Crippen LogP contribution in [0.1, 0.15) is 37.7 Å². The molecule has 0 aromatic heterocycles. The first kappa shape index (κ1) is 23.8. The quantitative estimate of drug-likeness (QED) is 0.586. The van der Waals surface area contributed by atoms with Gasteiger partial charge >= 0.3 is 0 Å². The number of aryl methyl sites for hydroxylation is 1. The standard InChI is InChI=1S/C26H35N3O3S/c30-26(11-4-8-21-6-2-1-3-7-21)28-24-9-5-10-25(18-24)29-15-12-23(13-16-29)27-19-22-14-17-33(31,32)20-22/h1-3,5-7,9-10,18,22-23,27H,4,8,11-17,19-20H2,(H,28,30)/t22-/m1/s1. The number of sulfone groups is 1. The average Bonchev–Trinajstić information content (AvgIpc) is 3.17. The summed E-state index contributed by atoms with van der Waals surface area (Å²) in [5.74, 6) is 1.00. The first-order chi connectivity index (χ1) is 16.0. The summed E-state index contributed by atoms with van der Waals surface area (Å²) in [4.78, 5) is 14.7. The Morgan fingerprint density at radius 2 is 1.79 bits per heavy atom. The van der Waals surface area contributed by atoms with E-state index in [1.807, 2.05) is 30.3 Å². The minimum absolute atomic E-state index is 0.0555. The number of carbonyl (C=O) groups is 1. The highest BCUT2D eigenvalue weighted by Gasteiger charge is 2.28. The predicted molar refractivity (Wildman–Crippen MR) is 134 cm³/mol. The molecule has 1 amide bonds. The van der Waals surface area contributed by atoms with Crippen molar-refractivity contribution in [3.63, 3.8) is 0 Å². The monoisotopic (exact) mass is 469 g/mol. The van der Waals surface area contributed by atoms with Crippen molar-refractivity contribution in [3.05, 3.63) is 60.2 Å². The molecule has 0 unspecified atom stereocenters. The third-order valence-corrected chi connectivity index (χ3v) is 8.56. The van der Waals surface area contributed by atoms with Crippen LogP contribution in [0.15, 0.2) is 54.6 Å². The van der Waals surface area contributed by atoms with Gasteiger partial charge < -0.3 is 15.5 Å². The Bertz CT molecular complexity index is 1020. The van der Waals surface area contributed by atoms with Crippen molar-refractivity contribution in [2.24, 2.45) is 5.92 Å². The van der Waals surface area contributed by atoms with Gasteiger partial charge in [0.1, 0.15) is 0 Å². The molecule has 2 heterocycles. The Kier molecular flexibility index (Phi) is 8.04. The van der Waals surface area contributed by atoms with Gasteiger partial charge in [-0.15, -0.1) is 0 Å².